The zero-order valence-corrected chi connectivity index (χ0v) is 14.6. The van der Waals surface area contributed by atoms with Crippen molar-refractivity contribution in [2.45, 2.75) is 32.5 Å². The van der Waals surface area contributed by atoms with Gasteiger partial charge >= 0.3 is 6.03 Å². The molecular weight excluding hydrogens is 316 g/mol. The van der Waals surface area contributed by atoms with E-state index in [0.717, 1.165) is 22.5 Å². The molecule has 0 saturated carbocycles. The fourth-order valence-electron chi connectivity index (χ4n) is 2.99. The van der Waals surface area contributed by atoms with Crippen molar-refractivity contribution >= 4 is 11.7 Å². The number of anilines is 1. The highest BCUT2D eigenvalue weighted by atomic mass is 16.3. The van der Waals surface area contributed by atoms with Crippen molar-refractivity contribution in [3.63, 3.8) is 0 Å². The van der Waals surface area contributed by atoms with Gasteiger partial charge in [-0.3, -0.25) is 4.98 Å². The Morgan fingerprint density at radius 3 is 2.72 bits per heavy atom. The first-order chi connectivity index (χ1) is 12.0. The van der Waals surface area contributed by atoms with Crippen LogP contribution in [0.1, 0.15) is 16.8 Å². The Morgan fingerprint density at radius 2 is 1.96 bits per heavy atom. The van der Waals surface area contributed by atoms with E-state index in [2.05, 4.69) is 15.6 Å². The van der Waals surface area contributed by atoms with Crippen molar-refractivity contribution in [2.75, 3.05) is 18.4 Å². The molecule has 0 radical (unpaired) electrons. The maximum atomic E-state index is 12.5. The predicted molar refractivity (Wildman–Crippen MR) is 97.4 cm³/mol. The number of benzene rings is 1. The Morgan fingerprint density at radius 1 is 1.20 bits per heavy atom. The van der Waals surface area contributed by atoms with E-state index in [-0.39, 0.29) is 12.1 Å². The number of nitrogens with one attached hydrogen (secondary N) is 2. The summed E-state index contributed by atoms with van der Waals surface area (Å²) in [6, 6.07) is 11.2. The molecule has 2 heterocycles. The molecule has 2 atom stereocenters. The summed E-state index contributed by atoms with van der Waals surface area (Å²) in [5.74, 6) is 0. The van der Waals surface area contributed by atoms with Gasteiger partial charge < -0.3 is 20.6 Å². The summed E-state index contributed by atoms with van der Waals surface area (Å²) in [7, 11) is 0. The molecule has 6 nitrogen and oxygen atoms in total. The van der Waals surface area contributed by atoms with Crippen LogP contribution in [0.15, 0.2) is 42.6 Å². The lowest BCUT2D eigenvalue weighted by Crippen LogP contribution is -2.39. The van der Waals surface area contributed by atoms with Crippen molar-refractivity contribution in [1.82, 2.24) is 15.2 Å². The van der Waals surface area contributed by atoms with Gasteiger partial charge in [-0.25, -0.2) is 4.79 Å². The van der Waals surface area contributed by atoms with E-state index in [4.69, 9.17) is 0 Å². The van der Waals surface area contributed by atoms with Gasteiger partial charge in [-0.2, -0.15) is 0 Å². The molecule has 1 aliphatic heterocycles. The number of hydrogen-bond acceptors (Lipinski definition) is 4. The molecule has 1 aromatic carbocycles. The van der Waals surface area contributed by atoms with Gasteiger partial charge in [0.15, 0.2) is 0 Å². The number of aliphatic hydroxyl groups is 1. The molecule has 2 amide bonds. The van der Waals surface area contributed by atoms with Crippen LogP contribution in [0, 0.1) is 13.8 Å². The number of urea groups is 1. The molecule has 0 spiro atoms. The van der Waals surface area contributed by atoms with Crippen LogP contribution in [-0.4, -0.2) is 46.3 Å². The SMILES string of the molecule is Cc1ccccc1NC(=O)N1C[C@@H](O)[C@H](NCc2ncccc2C)C1. The second kappa shape index (κ2) is 7.63. The summed E-state index contributed by atoms with van der Waals surface area (Å²) in [4.78, 5) is 18.4. The Labute approximate surface area is 147 Å². The Kier molecular flexibility index (Phi) is 5.31. The number of likely N-dealkylation sites (tertiary alicyclic amines) is 1. The highest BCUT2D eigenvalue weighted by molar-refractivity contribution is 5.90. The number of hydrogen-bond donors (Lipinski definition) is 3. The first-order valence-electron chi connectivity index (χ1n) is 8.48. The highest BCUT2D eigenvalue weighted by Gasteiger charge is 2.33. The van der Waals surface area contributed by atoms with Gasteiger partial charge in [-0.05, 0) is 37.1 Å². The largest absolute Gasteiger partial charge is 0.390 e. The average Bonchev–Trinajstić information content (AvgIpc) is 2.97. The lowest BCUT2D eigenvalue weighted by Gasteiger charge is -2.18. The van der Waals surface area contributed by atoms with Crippen LogP contribution in [0.25, 0.3) is 0 Å². The zero-order chi connectivity index (χ0) is 17.8. The molecule has 0 aliphatic carbocycles. The number of carbonyl (C=O) groups is 1. The van der Waals surface area contributed by atoms with E-state index < -0.39 is 6.10 Å². The molecule has 6 heteroatoms. The molecular formula is C19H24N4O2. The summed E-state index contributed by atoms with van der Waals surface area (Å²) in [6.45, 7) is 5.31. The maximum Gasteiger partial charge on any atom is 0.321 e. The highest BCUT2D eigenvalue weighted by Crippen LogP contribution is 2.17. The number of pyridine rings is 1. The predicted octanol–water partition coefficient (Wildman–Crippen LogP) is 2.07. The van der Waals surface area contributed by atoms with Crippen LogP contribution < -0.4 is 10.6 Å². The Bertz CT molecular complexity index is 750. The van der Waals surface area contributed by atoms with E-state index >= 15 is 0 Å². The first kappa shape index (κ1) is 17.4. The van der Waals surface area contributed by atoms with Crippen LogP contribution in [0.4, 0.5) is 10.5 Å². The molecule has 2 aromatic rings. The van der Waals surface area contributed by atoms with Gasteiger partial charge in [0.05, 0.1) is 17.8 Å². The van der Waals surface area contributed by atoms with Crippen molar-refractivity contribution in [1.29, 1.82) is 0 Å². The fourth-order valence-corrected chi connectivity index (χ4v) is 2.99. The normalized spacial score (nSPS) is 19.9. The van der Waals surface area contributed by atoms with Gasteiger partial charge in [0.2, 0.25) is 0 Å². The van der Waals surface area contributed by atoms with Gasteiger partial charge in [-0.15, -0.1) is 0 Å². The fraction of sp³-hybridized carbons (Fsp3) is 0.368. The maximum absolute atomic E-state index is 12.5. The molecule has 1 saturated heterocycles. The minimum Gasteiger partial charge on any atom is -0.390 e. The smallest absolute Gasteiger partial charge is 0.321 e. The van der Waals surface area contributed by atoms with Crippen LogP contribution in [0.3, 0.4) is 0 Å². The number of β-amino-alcohol motifs (C(OH)–C–C–N with tert-alkyl or cyclic N) is 1. The quantitative estimate of drug-likeness (QED) is 0.796. The Balaban J connectivity index is 1.56. The molecule has 3 N–H and O–H groups in total. The number of aromatic nitrogens is 1. The number of rotatable bonds is 4. The number of para-hydroxylation sites is 1. The molecule has 25 heavy (non-hydrogen) atoms. The Hall–Kier alpha value is -2.44. The second-order valence-electron chi connectivity index (χ2n) is 6.47. The van der Waals surface area contributed by atoms with Crippen molar-refractivity contribution in [3.8, 4) is 0 Å². The van der Waals surface area contributed by atoms with E-state index in [1.165, 1.54) is 0 Å². The minimum absolute atomic E-state index is 0.163. The summed E-state index contributed by atoms with van der Waals surface area (Å²) >= 11 is 0. The standard InChI is InChI=1S/C19H24N4O2/c1-13-6-3-4-8-15(13)22-19(25)23-11-17(18(24)12-23)21-10-16-14(2)7-5-9-20-16/h3-9,17-18,21,24H,10-12H2,1-2H3,(H,22,25)/t17-,18-/m1/s1. The molecule has 132 valence electrons. The van der Waals surface area contributed by atoms with Gasteiger partial charge in [0, 0.05) is 31.5 Å². The van der Waals surface area contributed by atoms with E-state index in [1.54, 1.807) is 11.1 Å². The molecule has 1 fully saturated rings. The zero-order valence-electron chi connectivity index (χ0n) is 14.6. The molecule has 0 unspecified atom stereocenters. The van der Waals surface area contributed by atoms with Crippen LogP contribution >= 0.6 is 0 Å². The lowest BCUT2D eigenvalue weighted by atomic mass is 10.2. The third kappa shape index (κ3) is 4.15. The van der Waals surface area contributed by atoms with Crippen LogP contribution in [0.5, 0.6) is 0 Å². The number of aliphatic hydroxyl groups excluding tert-OH is 1. The molecule has 3 rings (SSSR count). The van der Waals surface area contributed by atoms with E-state index in [0.29, 0.717) is 19.6 Å². The minimum atomic E-state index is -0.591. The summed E-state index contributed by atoms with van der Waals surface area (Å²) < 4.78 is 0. The molecule has 1 aromatic heterocycles. The van der Waals surface area contributed by atoms with Gasteiger partial charge in [0.25, 0.3) is 0 Å². The van der Waals surface area contributed by atoms with Crippen LogP contribution in [-0.2, 0) is 6.54 Å². The number of carbonyl (C=O) groups excluding carboxylic acids is 1. The number of aryl methyl sites for hydroxylation is 2. The third-order valence-corrected chi connectivity index (χ3v) is 4.61. The summed E-state index contributed by atoms with van der Waals surface area (Å²) in [5, 5.41) is 16.5. The van der Waals surface area contributed by atoms with Crippen molar-refractivity contribution in [3.05, 3.63) is 59.4 Å². The average molecular weight is 340 g/mol. The van der Waals surface area contributed by atoms with E-state index in [1.807, 2.05) is 50.2 Å². The second-order valence-corrected chi connectivity index (χ2v) is 6.47. The van der Waals surface area contributed by atoms with Gasteiger partial charge in [-0.1, -0.05) is 24.3 Å². The van der Waals surface area contributed by atoms with Crippen LogP contribution in [0.2, 0.25) is 0 Å². The topological polar surface area (TPSA) is 77.5 Å². The summed E-state index contributed by atoms with van der Waals surface area (Å²) in [6.07, 6.45) is 1.17. The first-order valence-corrected chi connectivity index (χ1v) is 8.48. The monoisotopic (exact) mass is 340 g/mol. The lowest BCUT2D eigenvalue weighted by molar-refractivity contribution is 0.155. The van der Waals surface area contributed by atoms with Crippen molar-refractivity contribution < 1.29 is 9.90 Å². The number of amides is 2. The molecule has 0 bridgehead atoms. The van der Waals surface area contributed by atoms with Gasteiger partial charge in [0.1, 0.15) is 0 Å². The third-order valence-electron chi connectivity index (χ3n) is 4.61. The number of nitrogens with zero attached hydrogens (tertiary/aromatic N) is 2. The summed E-state index contributed by atoms with van der Waals surface area (Å²) in [5.41, 5.74) is 3.87. The van der Waals surface area contributed by atoms with Crippen molar-refractivity contribution in [2.24, 2.45) is 0 Å². The van der Waals surface area contributed by atoms with E-state index in [9.17, 15) is 9.90 Å². The molecule has 1 aliphatic rings.